The summed E-state index contributed by atoms with van der Waals surface area (Å²) >= 11 is 5.67. The minimum Gasteiger partial charge on any atom is -0.377 e. The van der Waals surface area contributed by atoms with E-state index in [-0.39, 0.29) is 5.82 Å². The van der Waals surface area contributed by atoms with Crippen LogP contribution in [0.4, 0.5) is 8.78 Å². The molecular formula is C17H21ClF2N2O2. The fraction of sp³-hybridized carbons (Fsp3) is 0.412. The second kappa shape index (κ2) is 11.0. The Balaban J connectivity index is 0.000000240. The summed E-state index contributed by atoms with van der Waals surface area (Å²) in [6.45, 7) is 7.56. The minimum atomic E-state index is -0.394. The number of hydrogen-bond acceptors (Lipinski definition) is 4. The number of aryl methyl sites for hydroxylation is 1. The molecule has 0 aromatic carbocycles. The van der Waals surface area contributed by atoms with Gasteiger partial charge in [-0.3, -0.25) is 4.98 Å². The van der Waals surface area contributed by atoms with Crippen LogP contribution in [0.1, 0.15) is 30.7 Å². The summed E-state index contributed by atoms with van der Waals surface area (Å²) in [5, 5.41) is 0.296. The molecule has 0 aliphatic heterocycles. The molecule has 0 bridgehead atoms. The molecule has 0 spiro atoms. The maximum atomic E-state index is 12.7. The first-order valence-electron chi connectivity index (χ1n) is 7.54. The molecular weight excluding hydrogens is 338 g/mol. The highest BCUT2D eigenvalue weighted by Gasteiger charge is 2.02. The van der Waals surface area contributed by atoms with Gasteiger partial charge in [0.15, 0.2) is 0 Å². The largest absolute Gasteiger partial charge is 0.377 e. The van der Waals surface area contributed by atoms with E-state index < -0.39 is 5.82 Å². The van der Waals surface area contributed by atoms with Gasteiger partial charge in [-0.15, -0.1) is 0 Å². The zero-order valence-corrected chi connectivity index (χ0v) is 14.7. The number of halogens is 3. The van der Waals surface area contributed by atoms with Gasteiger partial charge in [-0.1, -0.05) is 11.6 Å². The molecule has 0 saturated heterocycles. The fourth-order valence-electron chi connectivity index (χ4n) is 1.69. The van der Waals surface area contributed by atoms with Crippen LogP contribution < -0.4 is 0 Å². The Kier molecular flexibility index (Phi) is 9.37. The number of ether oxygens (including phenoxy) is 2. The van der Waals surface area contributed by atoms with E-state index in [2.05, 4.69) is 9.97 Å². The van der Waals surface area contributed by atoms with Gasteiger partial charge >= 0.3 is 0 Å². The summed E-state index contributed by atoms with van der Waals surface area (Å²) in [5.74, 6) is -0.704. The number of rotatable bonds is 6. The van der Waals surface area contributed by atoms with E-state index in [0.717, 1.165) is 17.5 Å². The van der Waals surface area contributed by atoms with E-state index in [1.807, 2.05) is 20.8 Å². The van der Waals surface area contributed by atoms with E-state index in [0.29, 0.717) is 37.1 Å². The van der Waals surface area contributed by atoms with Crippen LogP contribution in [0, 0.1) is 18.6 Å². The highest BCUT2D eigenvalue weighted by Crippen LogP contribution is 2.14. The second-order valence-corrected chi connectivity index (χ2v) is 5.13. The van der Waals surface area contributed by atoms with Crippen LogP contribution >= 0.6 is 11.6 Å². The van der Waals surface area contributed by atoms with Crippen LogP contribution in [0.2, 0.25) is 5.15 Å². The van der Waals surface area contributed by atoms with Crippen molar-refractivity contribution < 1.29 is 18.3 Å². The van der Waals surface area contributed by atoms with Crippen molar-refractivity contribution in [3.05, 3.63) is 58.1 Å². The summed E-state index contributed by atoms with van der Waals surface area (Å²) in [7, 11) is 0. The zero-order chi connectivity index (χ0) is 17.9. The Morgan fingerprint density at radius 1 is 0.917 bits per heavy atom. The predicted molar refractivity (Wildman–Crippen MR) is 88.8 cm³/mol. The van der Waals surface area contributed by atoms with Crippen molar-refractivity contribution in [2.24, 2.45) is 0 Å². The molecule has 2 aromatic heterocycles. The van der Waals surface area contributed by atoms with E-state index in [4.69, 9.17) is 21.1 Å². The third-order valence-electron chi connectivity index (χ3n) is 2.96. The summed E-state index contributed by atoms with van der Waals surface area (Å²) in [6, 6.07) is 2.78. The molecule has 0 radical (unpaired) electrons. The number of aromatic nitrogens is 2. The molecule has 24 heavy (non-hydrogen) atoms. The van der Waals surface area contributed by atoms with E-state index in [1.165, 1.54) is 18.3 Å². The summed E-state index contributed by atoms with van der Waals surface area (Å²) < 4.78 is 35.5. The standard InChI is InChI=1S/C9H12FNO.C8H9ClFNO/c1-3-12-6-8-4-9(10)5-11-7(8)2;1-2-12-5-6-3-7(10)4-11-8(6)9/h4-5H,3,6H2,1-2H3;3-4H,2,5H2,1H3. The van der Waals surface area contributed by atoms with Crippen molar-refractivity contribution in [1.29, 1.82) is 0 Å². The van der Waals surface area contributed by atoms with Crippen molar-refractivity contribution in [1.82, 2.24) is 9.97 Å². The maximum absolute atomic E-state index is 12.7. The maximum Gasteiger partial charge on any atom is 0.141 e. The normalized spacial score (nSPS) is 10.2. The third kappa shape index (κ3) is 7.29. The van der Waals surface area contributed by atoms with Gasteiger partial charge < -0.3 is 9.47 Å². The van der Waals surface area contributed by atoms with Crippen molar-refractivity contribution in [3.63, 3.8) is 0 Å². The van der Waals surface area contributed by atoms with E-state index >= 15 is 0 Å². The molecule has 0 saturated carbocycles. The molecule has 0 aliphatic rings. The van der Waals surface area contributed by atoms with Crippen molar-refractivity contribution in [2.45, 2.75) is 34.0 Å². The summed E-state index contributed by atoms with van der Waals surface area (Å²) in [4.78, 5) is 7.52. The summed E-state index contributed by atoms with van der Waals surface area (Å²) in [6.07, 6.45) is 2.29. The molecule has 0 atom stereocenters. The number of pyridine rings is 2. The van der Waals surface area contributed by atoms with E-state index in [9.17, 15) is 8.78 Å². The first kappa shape index (κ1) is 20.4. The molecule has 0 fully saturated rings. The van der Waals surface area contributed by atoms with Crippen molar-refractivity contribution in [2.75, 3.05) is 13.2 Å². The molecule has 0 aliphatic carbocycles. The van der Waals surface area contributed by atoms with Crippen LogP contribution in [0.25, 0.3) is 0 Å². The fourth-order valence-corrected chi connectivity index (χ4v) is 1.84. The van der Waals surface area contributed by atoms with Crippen LogP contribution in [-0.4, -0.2) is 23.2 Å². The van der Waals surface area contributed by atoms with Gasteiger partial charge in [0, 0.05) is 30.0 Å². The molecule has 4 nitrogen and oxygen atoms in total. The topological polar surface area (TPSA) is 44.2 Å². The van der Waals surface area contributed by atoms with Crippen molar-refractivity contribution >= 4 is 11.6 Å². The lowest BCUT2D eigenvalue weighted by atomic mass is 10.2. The van der Waals surface area contributed by atoms with Gasteiger partial charge in [-0.25, -0.2) is 13.8 Å². The predicted octanol–water partition coefficient (Wildman–Crippen LogP) is 4.48. The number of nitrogens with zero attached hydrogens (tertiary/aromatic N) is 2. The van der Waals surface area contributed by atoms with Crippen LogP contribution in [-0.2, 0) is 22.7 Å². The molecule has 0 unspecified atom stereocenters. The van der Waals surface area contributed by atoms with E-state index in [1.54, 1.807) is 0 Å². The molecule has 0 N–H and O–H groups in total. The lowest BCUT2D eigenvalue weighted by Crippen LogP contribution is -1.97. The number of hydrogen-bond donors (Lipinski definition) is 0. The Morgan fingerprint density at radius 2 is 1.42 bits per heavy atom. The first-order chi connectivity index (χ1) is 11.5. The third-order valence-corrected chi connectivity index (χ3v) is 3.30. The Morgan fingerprint density at radius 3 is 2.00 bits per heavy atom. The molecule has 2 aromatic rings. The molecule has 7 heteroatoms. The SMILES string of the molecule is CCOCc1cc(F)cnc1C.CCOCc1cc(F)cnc1Cl. The smallest absolute Gasteiger partial charge is 0.141 e. The first-order valence-corrected chi connectivity index (χ1v) is 7.92. The van der Waals surface area contributed by atoms with Crippen molar-refractivity contribution in [3.8, 4) is 0 Å². The second-order valence-electron chi connectivity index (χ2n) is 4.78. The molecule has 132 valence electrons. The zero-order valence-electron chi connectivity index (χ0n) is 14.0. The average molecular weight is 359 g/mol. The van der Waals surface area contributed by atoms with Crippen LogP contribution in [0.15, 0.2) is 24.5 Å². The lowest BCUT2D eigenvalue weighted by Gasteiger charge is -2.04. The van der Waals surface area contributed by atoms with Gasteiger partial charge in [0.2, 0.25) is 0 Å². The van der Waals surface area contributed by atoms with Gasteiger partial charge in [0.05, 0.1) is 25.6 Å². The molecule has 2 heterocycles. The van der Waals surface area contributed by atoms with Gasteiger partial charge in [0.1, 0.15) is 16.8 Å². The van der Waals surface area contributed by atoms with Crippen LogP contribution in [0.5, 0.6) is 0 Å². The average Bonchev–Trinajstić information content (AvgIpc) is 2.57. The van der Waals surface area contributed by atoms with Gasteiger partial charge in [-0.05, 0) is 32.9 Å². The van der Waals surface area contributed by atoms with Gasteiger partial charge in [0.25, 0.3) is 0 Å². The Hall–Kier alpha value is -1.63. The molecule has 2 rings (SSSR count). The Labute approximate surface area is 145 Å². The monoisotopic (exact) mass is 358 g/mol. The molecule has 0 amide bonds. The lowest BCUT2D eigenvalue weighted by molar-refractivity contribution is 0.133. The highest BCUT2D eigenvalue weighted by atomic mass is 35.5. The van der Waals surface area contributed by atoms with Gasteiger partial charge in [-0.2, -0.15) is 0 Å². The Bertz CT molecular complexity index is 586. The quantitative estimate of drug-likeness (QED) is 0.714. The summed E-state index contributed by atoms with van der Waals surface area (Å²) in [5.41, 5.74) is 2.22. The van der Waals surface area contributed by atoms with Crippen LogP contribution in [0.3, 0.4) is 0 Å². The highest BCUT2D eigenvalue weighted by molar-refractivity contribution is 6.30. The minimum absolute atomic E-state index is 0.296.